The number of nitrogens with two attached hydrogens (primary N) is 1. The fourth-order valence-corrected chi connectivity index (χ4v) is 2.23. The molecule has 1 rings (SSSR count). The van der Waals surface area contributed by atoms with Gasteiger partial charge in [0.15, 0.2) is 0 Å². The number of hydrogen-bond donors (Lipinski definition) is 2. The molecule has 4 nitrogen and oxygen atoms in total. The smallest absolute Gasteiger partial charge is 0.234 e. The van der Waals surface area contributed by atoms with Crippen molar-refractivity contribution in [2.24, 2.45) is 11.7 Å². The van der Waals surface area contributed by atoms with E-state index in [0.29, 0.717) is 18.5 Å². The zero-order valence-corrected chi connectivity index (χ0v) is 10.7. The summed E-state index contributed by atoms with van der Waals surface area (Å²) in [4.78, 5) is 13.7. The molecule has 0 radical (unpaired) electrons. The van der Waals surface area contributed by atoms with Crippen molar-refractivity contribution < 1.29 is 4.79 Å². The standard InChI is InChI=1S/C12H25N3O/c1-9(2)7-14-12(16)8-15(3)11-6-4-5-10(11)13/h9-11H,4-8,13H2,1-3H3,(H,14,16). The number of hydrogen-bond acceptors (Lipinski definition) is 3. The normalized spacial score (nSPS) is 25.4. The second kappa shape index (κ2) is 6.21. The van der Waals surface area contributed by atoms with Crippen molar-refractivity contribution in [1.29, 1.82) is 0 Å². The van der Waals surface area contributed by atoms with Gasteiger partial charge in [-0.3, -0.25) is 9.69 Å². The van der Waals surface area contributed by atoms with Gasteiger partial charge in [-0.15, -0.1) is 0 Å². The van der Waals surface area contributed by atoms with Crippen LogP contribution in [0, 0.1) is 5.92 Å². The SMILES string of the molecule is CC(C)CNC(=O)CN(C)C1CCCC1N. The van der Waals surface area contributed by atoms with Crippen molar-refractivity contribution in [2.75, 3.05) is 20.1 Å². The van der Waals surface area contributed by atoms with Gasteiger partial charge in [-0.05, 0) is 25.8 Å². The third kappa shape index (κ3) is 4.10. The zero-order chi connectivity index (χ0) is 12.1. The average Bonchev–Trinajstić information content (AvgIpc) is 2.61. The van der Waals surface area contributed by atoms with Gasteiger partial charge >= 0.3 is 0 Å². The first-order chi connectivity index (χ1) is 7.50. The molecular weight excluding hydrogens is 202 g/mol. The van der Waals surface area contributed by atoms with Crippen LogP contribution in [0.15, 0.2) is 0 Å². The Balaban J connectivity index is 2.27. The monoisotopic (exact) mass is 227 g/mol. The van der Waals surface area contributed by atoms with E-state index in [0.717, 1.165) is 19.4 Å². The number of amides is 1. The first-order valence-electron chi connectivity index (χ1n) is 6.23. The third-order valence-electron chi connectivity index (χ3n) is 3.20. The predicted molar refractivity (Wildman–Crippen MR) is 66.1 cm³/mol. The number of likely N-dealkylation sites (N-methyl/N-ethyl adjacent to an activating group) is 1. The molecule has 0 heterocycles. The summed E-state index contributed by atoms with van der Waals surface area (Å²) in [5, 5.41) is 2.93. The first kappa shape index (κ1) is 13.5. The Morgan fingerprint density at radius 1 is 1.50 bits per heavy atom. The van der Waals surface area contributed by atoms with Gasteiger partial charge in [0.2, 0.25) is 5.91 Å². The summed E-state index contributed by atoms with van der Waals surface area (Å²) in [5.41, 5.74) is 6.00. The molecule has 2 unspecified atom stereocenters. The molecule has 2 atom stereocenters. The molecule has 0 aromatic rings. The van der Waals surface area contributed by atoms with Crippen LogP contribution in [0.5, 0.6) is 0 Å². The highest BCUT2D eigenvalue weighted by Gasteiger charge is 2.28. The maximum atomic E-state index is 11.6. The van der Waals surface area contributed by atoms with Crippen LogP contribution in [0.2, 0.25) is 0 Å². The molecular formula is C12H25N3O. The maximum Gasteiger partial charge on any atom is 0.234 e. The Labute approximate surface area is 98.6 Å². The molecule has 0 bridgehead atoms. The molecule has 0 aliphatic heterocycles. The van der Waals surface area contributed by atoms with Crippen LogP contribution in [0.3, 0.4) is 0 Å². The molecule has 4 heteroatoms. The van der Waals surface area contributed by atoms with Crippen LogP contribution in [-0.4, -0.2) is 43.0 Å². The van der Waals surface area contributed by atoms with Crippen molar-refractivity contribution in [3.63, 3.8) is 0 Å². The molecule has 1 saturated carbocycles. The van der Waals surface area contributed by atoms with Gasteiger partial charge in [0.25, 0.3) is 0 Å². The lowest BCUT2D eigenvalue weighted by Crippen LogP contribution is -2.46. The van der Waals surface area contributed by atoms with E-state index in [1.54, 1.807) is 0 Å². The molecule has 94 valence electrons. The van der Waals surface area contributed by atoms with E-state index < -0.39 is 0 Å². The fourth-order valence-electron chi connectivity index (χ4n) is 2.23. The lowest BCUT2D eigenvalue weighted by Gasteiger charge is -2.27. The number of nitrogens with zero attached hydrogens (tertiary/aromatic N) is 1. The molecule has 0 spiro atoms. The number of rotatable bonds is 5. The Morgan fingerprint density at radius 3 is 2.69 bits per heavy atom. The van der Waals surface area contributed by atoms with Gasteiger partial charge in [-0.1, -0.05) is 20.3 Å². The molecule has 1 fully saturated rings. The van der Waals surface area contributed by atoms with E-state index in [4.69, 9.17) is 5.73 Å². The van der Waals surface area contributed by atoms with Gasteiger partial charge in [-0.2, -0.15) is 0 Å². The summed E-state index contributed by atoms with van der Waals surface area (Å²) in [6.45, 7) is 5.40. The zero-order valence-electron chi connectivity index (χ0n) is 10.7. The molecule has 0 aromatic heterocycles. The van der Waals surface area contributed by atoms with Gasteiger partial charge < -0.3 is 11.1 Å². The van der Waals surface area contributed by atoms with Crippen LogP contribution in [-0.2, 0) is 4.79 Å². The topological polar surface area (TPSA) is 58.4 Å². The summed E-state index contributed by atoms with van der Waals surface area (Å²) in [6.07, 6.45) is 3.39. The summed E-state index contributed by atoms with van der Waals surface area (Å²) in [6, 6.07) is 0.618. The molecule has 16 heavy (non-hydrogen) atoms. The lowest BCUT2D eigenvalue weighted by molar-refractivity contribution is -0.122. The maximum absolute atomic E-state index is 11.6. The second-order valence-corrected chi connectivity index (χ2v) is 5.28. The van der Waals surface area contributed by atoms with Gasteiger partial charge in [0.05, 0.1) is 6.54 Å². The minimum absolute atomic E-state index is 0.107. The van der Waals surface area contributed by atoms with E-state index in [2.05, 4.69) is 24.1 Å². The van der Waals surface area contributed by atoms with Crippen molar-refractivity contribution in [2.45, 2.75) is 45.2 Å². The van der Waals surface area contributed by atoms with E-state index in [1.807, 2.05) is 7.05 Å². The quantitative estimate of drug-likeness (QED) is 0.722. The average molecular weight is 227 g/mol. The Bertz CT molecular complexity index is 230. The third-order valence-corrected chi connectivity index (χ3v) is 3.20. The number of carbonyl (C=O) groups is 1. The highest BCUT2D eigenvalue weighted by Crippen LogP contribution is 2.21. The van der Waals surface area contributed by atoms with Crippen LogP contribution in [0.4, 0.5) is 0 Å². The predicted octanol–water partition coefficient (Wildman–Crippen LogP) is 0.570. The summed E-state index contributed by atoms with van der Waals surface area (Å²) in [7, 11) is 1.99. The van der Waals surface area contributed by atoms with Gasteiger partial charge in [-0.25, -0.2) is 0 Å². The largest absolute Gasteiger partial charge is 0.355 e. The Hall–Kier alpha value is -0.610. The van der Waals surface area contributed by atoms with Crippen LogP contribution >= 0.6 is 0 Å². The van der Waals surface area contributed by atoms with Crippen LogP contribution in [0.1, 0.15) is 33.1 Å². The number of carbonyl (C=O) groups excluding carboxylic acids is 1. The molecule has 3 N–H and O–H groups in total. The van der Waals surface area contributed by atoms with Crippen molar-refractivity contribution in [1.82, 2.24) is 10.2 Å². The molecule has 0 aromatic carbocycles. The van der Waals surface area contributed by atoms with Crippen molar-refractivity contribution in [3.8, 4) is 0 Å². The Morgan fingerprint density at radius 2 is 2.19 bits per heavy atom. The summed E-state index contributed by atoms with van der Waals surface area (Å²) < 4.78 is 0. The second-order valence-electron chi connectivity index (χ2n) is 5.28. The lowest BCUT2D eigenvalue weighted by atomic mass is 10.1. The molecule has 0 saturated heterocycles. The summed E-state index contributed by atoms with van der Waals surface area (Å²) in [5.74, 6) is 0.610. The molecule has 1 amide bonds. The van der Waals surface area contributed by atoms with E-state index in [-0.39, 0.29) is 11.9 Å². The van der Waals surface area contributed by atoms with Gasteiger partial charge in [0.1, 0.15) is 0 Å². The summed E-state index contributed by atoms with van der Waals surface area (Å²) >= 11 is 0. The minimum atomic E-state index is 0.107. The van der Waals surface area contributed by atoms with Gasteiger partial charge in [0, 0.05) is 18.6 Å². The molecule has 1 aliphatic carbocycles. The van der Waals surface area contributed by atoms with Crippen molar-refractivity contribution in [3.05, 3.63) is 0 Å². The first-order valence-corrected chi connectivity index (χ1v) is 6.23. The van der Waals surface area contributed by atoms with Crippen LogP contribution < -0.4 is 11.1 Å². The highest BCUT2D eigenvalue weighted by atomic mass is 16.2. The van der Waals surface area contributed by atoms with E-state index in [1.165, 1.54) is 6.42 Å². The Kier molecular flexibility index (Phi) is 5.22. The van der Waals surface area contributed by atoms with Crippen LogP contribution in [0.25, 0.3) is 0 Å². The van der Waals surface area contributed by atoms with Crippen molar-refractivity contribution >= 4 is 5.91 Å². The van der Waals surface area contributed by atoms with E-state index in [9.17, 15) is 4.79 Å². The van der Waals surface area contributed by atoms with E-state index >= 15 is 0 Å². The highest BCUT2D eigenvalue weighted by molar-refractivity contribution is 5.78. The molecule has 1 aliphatic rings. The fraction of sp³-hybridized carbons (Fsp3) is 0.917. The minimum Gasteiger partial charge on any atom is -0.355 e. The number of nitrogens with one attached hydrogen (secondary N) is 1.